The van der Waals surface area contributed by atoms with Crippen LogP contribution in [0.3, 0.4) is 0 Å². The quantitative estimate of drug-likeness (QED) is 0.650. The Morgan fingerprint density at radius 2 is 1.59 bits per heavy atom. The van der Waals surface area contributed by atoms with E-state index in [-0.39, 0.29) is 11.3 Å². The fraction of sp³-hybridized carbons (Fsp3) is 0.261. The number of nitrogens with one attached hydrogen (secondary N) is 2. The summed E-state index contributed by atoms with van der Waals surface area (Å²) in [5.41, 5.74) is 3.65. The number of methoxy groups -OCH3 is 1. The summed E-state index contributed by atoms with van der Waals surface area (Å²) in [6.07, 6.45) is 3.03. The van der Waals surface area contributed by atoms with Gasteiger partial charge in [0, 0.05) is 24.6 Å². The van der Waals surface area contributed by atoms with Crippen LogP contribution < -0.4 is 15.4 Å². The SMILES string of the molecule is COc1ccc(CNC(=O)c2cnc(Nc3ccc(C(C)(C)C)cc3)nc2)cc1. The minimum Gasteiger partial charge on any atom is -0.497 e. The van der Waals surface area contributed by atoms with Crippen molar-refractivity contribution in [3.05, 3.63) is 77.6 Å². The maximum atomic E-state index is 12.3. The topological polar surface area (TPSA) is 76.1 Å². The van der Waals surface area contributed by atoms with Gasteiger partial charge >= 0.3 is 0 Å². The molecule has 0 atom stereocenters. The zero-order valence-corrected chi connectivity index (χ0v) is 17.2. The number of ether oxygens (including phenoxy) is 1. The molecule has 0 aliphatic rings. The van der Waals surface area contributed by atoms with Crippen LogP contribution in [-0.2, 0) is 12.0 Å². The first-order chi connectivity index (χ1) is 13.8. The lowest BCUT2D eigenvalue weighted by Crippen LogP contribution is -2.23. The summed E-state index contributed by atoms with van der Waals surface area (Å²) >= 11 is 0. The van der Waals surface area contributed by atoms with E-state index in [0.29, 0.717) is 18.1 Å². The normalized spacial score (nSPS) is 11.0. The van der Waals surface area contributed by atoms with Gasteiger partial charge in [-0.2, -0.15) is 0 Å². The molecule has 3 rings (SSSR count). The van der Waals surface area contributed by atoms with Crippen LogP contribution in [0.4, 0.5) is 11.6 Å². The summed E-state index contributed by atoms with van der Waals surface area (Å²) in [4.78, 5) is 20.8. The highest BCUT2D eigenvalue weighted by Crippen LogP contribution is 2.24. The van der Waals surface area contributed by atoms with Gasteiger partial charge in [0.15, 0.2) is 0 Å². The van der Waals surface area contributed by atoms with E-state index in [4.69, 9.17) is 4.74 Å². The van der Waals surface area contributed by atoms with Crippen molar-refractivity contribution in [3.8, 4) is 5.75 Å². The number of hydrogen-bond donors (Lipinski definition) is 2. The molecule has 0 saturated heterocycles. The average Bonchev–Trinajstić information content (AvgIpc) is 2.72. The predicted octanol–water partition coefficient (Wildman–Crippen LogP) is 4.46. The molecule has 0 radical (unpaired) electrons. The molecule has 2 N–H and O–H groups in total. The molecule has 6 nitrogen and oxygen atoms in total. The first kappa shape index (κ1) is 20.3. The Morgan fingerprint density at radius 3 is 2.14 bits per heavy atom. The molecule has 0 fully saturated rings. The van der Waals surface area contributed by atoms with E-state index in [1.807, 2.05) is 36.4 Å². The molecule has 150 valence electrons. The molecule has 0 unspecified atom stereocenters. The molecule has 29 heavy (non-hydrogen) atoms. The summed E-state index contributed by atoms with van der Waals surface area (Å²) in [5, 5.41) is 6.01. The molecule has 6 heteroatoms. The van der Waals surface area contributed by atoms with Gasteiger partial charge < -0.3 is 15.4 Å². The van der Waals surface area contributed by atoms with Crippen molar-refractivity contribution in [2.45, 2.75) is 32.7 Å². The van der Waals surface area contributed by atoms with Crippen molar-refractivity contribution in [2.75, 3.05) is 12.4 Å². The number of hydrogen-bond acceptors (Lipinski definition) is 5. The average molecular weight is 390 g/mol. The first-order valence-corrected chi connectivity index (χ1v) is 9.46. The van der Waals surface area contributed by atoms with E-state index in [2.05, 4.69) is 53.5 Å². The van der Waals surface area contributed by atoms with Gasteiger partial charge in [-0.25, -0.2) is 9.97 Å². The van der Waals surface area contributed by atoms with Gasteiger partial charge in [-0.05, 0) is 40.8 Å². The third-order valence-corrected chi connectivity index (χ3v) is 4.53. The first-order valence-electron chi connectivity index (χ1n) is 9.46. The van der Waals surface area contributed by atoms with Crippen molar-refractivity contribution in [1.82, 2.24) is 15.3 Å². The molecule has 0 bridgehead atoms. The Kier molecular flexibility index (Phi) is 6.12. The molecule has 1 amide bonds. The maximum Gasteiger partial charge on any atom is 0.254 e. The Bertz CT molecular complexity index is 944. The molecule has 0 saturated carbocycles. The smallest absolute Gasteiger partial charge is 0.254 e. The van der Waals surface area contributed by atoms with E-state index >= 15 is 0 Å². The number of carbonyl (C=O) groups excluding carboxylic acids is 1. The number of benzene rings is 2. The molecule has 0 spiro atoms. The van der Waals surface area contributed by atoms with E-state index < -0.39 is 0 Å². The molecular formula is C23H26N4O2. The fourth-order valence-corrected chi connectivity index (χ4v) is 2.72. The van der Waals surface area contributed by atoms with Crippen molar-refractivity contribution in [1.29, 1.82) is 0 Å². The lowest BCUT2D eigenvalue weighted by molar-refractivity contribution is 0.0950. The minimum atomic E-state index is -0.220. The summed E-state index contributed by atoms with van der Waals surface area (Å²) in [5.74, 6) is 1.01. The van der Waals surface area contributed by atoms with Crippen molar-refractivity contribution in [3.63, 3.8) is 0 Å². The molecule has 1 aromatic heterocycles. The number of nitrogens with zero attached hydrogens (tertiary/aromatic N) is 2. The second kappa shape index (κ2) is 8.73. The summed E-state index contributed by atoms with van der Waals surface area (Å²) in [6.45, 7) is 6.95. The summed E-state index contributed by atoms with van der Waals surface area (Å²) < 4.78 is 5.13. The third-order valence-electron chi connectivity index (χ3n) is 4.53. The maximum absolute atomic E-state index is 12.3. The van der Waals surface area contributed by atoms with E-state index in [0.717, 1.165) is 17.0 Å². The second-order valence-electron chi connectivity index (χ2n) is 7.78. The van der Waals surface area contributed by atoms with Crippen LogP contribution in [-0.4, -0.2) is 23.0 Å². The lowest BCUT2D eigenvalue weighted by atomic mass is 9.87. The molecular weight excluding hydrogens is 364 g/mol. The number of rotatable bonds is 6. The Morgan fingerprint density at radius 1 is 0.966 bits per heavy atom. The van der Waals surface area contributed by atoms with Gasteiger partial charge in [0.2, 0.25) is 5.95 Å². The number of carbonyl (C=O) groups is 1. The molecule has 0 aliphatic heterocycles. The fourth-order valence-electron chi connectivity index (χ4n) is 2.72. The monoisotopic (exact) mass is 390 g/mol. The zero-order chi connectivity index (χ0) is 20.9. The Balaban J connectivity index is 1.56. The minimum absolute atomic E-state index is 0.107. The predicted molar refractivity (Wildman–Crippen MR) is 115 cm³/mol. The van der Waals surface area contributed by atoms with E-state index in [1.165, 1.54) is 18.0 Å². The van der Waals surface area contributed by atoms with Crippen LogP contribution in [0.15, 0.2) is 60.9 Å². The highest BCUT2D eigenvalue weighted by Gasteiger charge is 2.13. The van der Waals surface area contributed by atoms with Crippen LogP contribution >= 0.6 is 0 Å². The van der Waals surface area contributed by atoms with E-state index in [9.17, 15) is 4.79 Å². The zero-order valence-electron chi connectivity index (χ0n) is 17.2. The van der Waals surface area contributed by atoms with Gasteiger partial charge in [-0.1, -0.05) is 45.0 Å². The molecule has 2 aromatic carbocycles. The Labute approximate surface area is 171 Å². The standard InChI is InChI=1S/C23H26N4O2/c1-23(2,3)18-7-9-19(10-8-18)27-22-25-14-17(15-26-22)21(28)24-13-16-5-11-20(29-4)12-6-16/h5-12,14-15H,13H2,1-4H3,(H,24,28)(H,25,26,27). The van der Waals surface area contributed by atoms with Gasteiger partial charge in [0.05, 0.1) is 12.7 Å². The van der Waals surface area contributed by atoms with Crippen molar-refractivity contribution < 1.29 is 9.53 Å². The van der Waals surface area contributed by atoms with Gasteiger partial charge in [-0.3, -0.25) is 4.79 Å². The molecule has 1 heterocycles. The summed E-state index contributed by atoms with van der Waals surface area (Å²) in [7, 11) is 1.62. The molecule has 0 aliphatic carbocycles. The lowest BCUT2D eigenvalue weighted by Gasteiger charge is -2.19. The number of aromatic nitrogens is 2. The van der Waals surface area contributed by atoms with Crippen LogP contribution in [0.25, 0.3) is 0 Å². The van der Waals surface area contributed by atoms with Crippen LogP contribution in [0.2, 0.25) is 0 Å². The number of amides is 1. The van der Waals surface area contributed by atoms with Crippen molar-refractivity contribution in [2.24, 2.45) is 0 Å². The third kappa shape index (κ3) is 5.54. The van der Waals surface area contributed by atoms with Crippen molar-refractivity contribution >= 4 is 17.5 Å². The van der Waals surface area contributed by atoms with Gasteiger partial charge in [0.25, 0.3) is 5.91 Å². The Hall–Kier alpha value is -3.41. The van der Waals surface area contributed by atoms with Crippen LogP contribution in [0, 0.1) is 0 Å². The highest BCUT2D eigenvalue weighted by atomic mass is 16.5. The highest BCUT2D eigenvalue weighted by molar-refractivity contribution is 5.93. The summed E-state index contributed by atoms with van der Waals surface area (Å²) in [6, 6.07) is 15.7. The van der Waals surface area contributed by atoms with E-state index in [1.54, 1.807) is 7.11 Å². The largest absolute Gasteiger partial charge is 0.497 e. The van der Waals surface area contributed by atoms with Gasteiger partial charge in [-0.15, -0.1) is 0 Å². The van der Waals surface area contributed by atoms with Gasteiger partial charge in [0.1, 0.15) is 5.75 Å². The number of anilines is 2. The second-order valence-corrected chi connectivity index (χ2v) is 7.78. The van der Waals surface area contributed by atoms with Crippen LogP contribution in [0.5, 0.6) is 5.75 Å². The van der Waals surface area contributed by atoms with Crippen LogP contribution in [0.1, 0.15) is 42.3 Å². The molecule has 3 aromatic rings.